The summed E-state index contributed by atoms with van der Waals surface area (Å²) in [5.74, 6) is 0.0531. The van der Waals surface area contributed by atoms with E-state index in [1.807, 2.05) is 55.2 Å². The number of carbonyl (C=O) groups excluding carboxylic acids is 1. The molecule has 0 saturated carbocycles. The van der Waals surface area contributed by atoms with E-state index in [1.165, 1.54) is 0 Å². The van der Waals surface area contributed by atoms with Gasteiger partial charge in [0, 0.05) is 19.8 Å². The molecule has 0 aliphatic rings. The van der Waals surface area contributed by atoms with Crippen LogP contribution in [0.15, 0.2) is 42.7 Å². The smallest absolute Gasteiger partial charge is 0.244 e. The molecule has 1 amide bonds. The first kappa shape index (κ1) is 17.1. The molecule has 0 saturated heterocycles. The highest BCUT2D eigenvalue weighted by Gasteiger charge is 2.19. The van der Waals surface area contributed by atoms with Crippen molar-refractivity contribution in [1.82, 2.24) is 14.7 Å². The van der Waals surface area contributed by atoms with Crippen molar-refractivity contribution in [2.75, 3.05) is 12.4 Å². The number of hydrogen-bond donors (Lipinski definition) is 1. The molecule has 0 aliphatic carbocycles. The molecule has 0 fully saturated rings. The molecule has 1 N–H and O–H groups in total. The highest BCUT2D eigenvalue weighted by molar-refractivity contribution is 5.83. The highest BCUT2D eigenvalue weighted by atomic mass is 16.2. The Morgan fingerprint density at radius 2 is 1.96 bits per heavy atom. The van der Waals surface area contributed by atoms with Crippen LogP contribution in [-0.2, 0) is 16.9 Å². The number of aromatic nitrogens is 2. The fourth-order valence-electron chi connectivity index (χ4n) is 2.34. The number of hydrogen-bond acceptors (Lipinski definition) is 3. The lowest BCUT2D eigenvalue weighted by molar-refractivity contribution is -0.130. The van der Waals surface area contributed by atoms with Crippen LogP contribution in [0.5, 0.6) is 0 Å². The average Bonchev–Trinajstić information content (AvgIpc) is 2.96. The van der Waals surface area contributed by atoms with Gasteiger partial charge in [0.05, 0.1) is 17.4 Å². The van der Waals surface area contributed by atoms with Crippen LogP contribution >= 0.6 is 0 Å². The predicted octanol–water partition coefficient (Wildman–Crippen LogP) is 3.10. The number of nitrogens with zero attached hydrogens (tertiary/aromatic N) is 3. The molecular weight excluding hydrogens is 288 g/mol. The molecule has 0 bridgehead atoms. The third-order valence-corrected chi connectivity index (χ3v) is 3.66. The van der Waals surface area contributed by atoms with E-state index >= 15 is 0 Å². The van der Waals surface area contributed by atoms with Gasteiger partial charge in [0.25, 0.3) is 0 Å². The van der Waals surface area contributed by atoms with Crippen molar-refractivity contribution in [2.24, 2.45) is 0 Å². The largest absolute Gasteiger partial charge is 0.371 e. The van der Waals surface area contributed by atoms with Gasteiger partial charge in [-0.15, -0.1) is 0 Å². The molecule has 5 nitrogen and oxygen atoms in total. The van der Waals surface area contributed by atoms with Gasteiger partial charge in [-0.2, -0.15) is 5.10 Å². The van der Waals surface area contributed by atoms with Gasteiger partial charge in [0.15, 0.2) is 0 Å². The molecule has 0 unspecified atom stereocenters. The van der Waals surface area contributed by atoms with Crippen LogP contribution in [0.25, 0.3) is 0 Å². The number of likely N-dealkylation sites (N-methyl/N-ethyl adjacent to an activating group) is 1. The summed E-state index contributed by atoms with van der Waals surface area (Å²) in [6.45, 7) is 8.75. The van der Waals surface area contributed by atoms with Crippen LogP contribution in [0.2, 0.25) is 0 Å². The van der Waals surface area contributed by atoms with Crippen LogP contribution in [0.4, 0.5) is 5.69 Å². The van der Waals surface area contributed by atoms with Crippen molar-refractivity contribution in [3.63, 3.8) is 0 Å². The number of carbonyl (C=O) groups is 1. The van der Waals surface area contributed by atoms with Crippen molar-refractivity contribution in [2.45, 2.75) is 45.8 Å². The zero-order valence-corrected chi connectivity index (χ0v) is 14.6. The second kappa shape index (κ2) is 6.86. The number of rotatable bonds is 5. The topological polar surface area (TPSA) is 50.2 Å². The number of amides is 1. The van der Waals surface area contributed by atoms with Gasteiger partial charge in [0.1, 0.15) is 6.04 Å². The molecule has 1 aromatic carbocycles. The van der Waals surface area contributed by atoms with E-state index in [-0.39, 0.29) is 17.5 Å². The van der Waals surface area contributed by atoms with Gasteiger partial charge in [-0.1, -0.05) is 30.3 Å². The Balaban J connectivity index is 1.95. The Hall–Kier alpha value is -2.30. The summed E-state index contributed by atoms with van der Waals surface area (Å²) in [6, 6.07) is 9.68. The third-order valence-electron chi connectivity index (χ3n) is 3.66. The fourth-order valence-corrected chi connectivity index (χ4v) is 2.34. The zero-order chi connectivity index (χ0) is 17.0. The number of anilines is 1. The van der Waals surface area contributed by atoms with E-state index in [2.05, 4.69) is 31.2 Å². The van der Waals surface area contributed by atoms with Crippen LogP contribution in [0.1, 0.15) is 33.3 Å². The molecule has 0 aliphatic heterocycles. The molecule has 1 heterocycles. The SMILES string of the molecule is C[C@H](Nc1cnn(C(C)(C)C)c1)C(=O)N(C)Cc1ccccc1. The Labute approximate surface area is 138 Å². The second-order valence-corrected chi connectivity index (χ2v) is 6.89. The summed E-state index contributed by atoms with van der Waals surface area (Å²) < 4.78 is 1.89. The molecule has 0 radical (unpaired) electrons. The summed E-state index contributed by atoms with van der Waals surface area (Å²) in [7, 11) is 1.83. The fraction of sp³-hybridized carbons (Fsp3) is 0.444. The van der Waals surface area contributed by atoms with Crippen molar-refractivity contribution in [3.05, 3.63) is 48.3 Å². The summed E-state index contributed by atoms with van der Waals surface area (Å²) in [5.41, 5.74) is 1.90. The average molecular weight is 314 g/mol. The van der Waals surface area contributed by atoms with Crippen molar-refractivity contribution < 1.29 is 4.79 Å². The first-order chi connectivity index (χ1) is 10.8. The van der Waals surface area contributed by atoms with Crippen molar-refractivity contribution >= 4 is 11.6 Å². The summed E-state index contributed by atoms with van der Waals surface area (Å²) in [4.78, 5) is 14.2. The lowest BCUT2D eigenvalue weighted by Crippen LogP contribution is -2.38. The second-order valence-electron chi connectivity index (χ2n) is 6.89. The molecule has 5 heteroatoms. The van der Waals surface area contributed by atoms with Crippen LogP contribution < -0.4 is 5.32 Å². The Kier molecular flexibility index (Phi) is 5.08. The lowest BCUT2D eigenvalue weighted by atomic mass is 10.1. The predicted molar refractivity (Wildman–Crippen MR) is 93.2 cm³/mol. The van der Waals surface area contributed by atoms with Gasteiger partial charge in [0.2, 0.25) is 5.91 Å². The van der Waals surface area contributed by atoms with Gasteiger partial charge < -0.3 is 10.2 Å². The van der Waals surface area contributed by atoms with E-state index < -0.39 is 0 Å². The molecule has 2 aromatic rings. The van der Waals surface area contributed by atoms with Gasteiger partial charge >= 0.3 is 0 Å². The molecule has 1 aromatic heterocycles. The highest BCUT2D eigenvalue weighted by Crippen LogP contribution is 2.16. The summed E-state index contributed by atoms with van der Waals surface area (Å²) >= 11 is 0. The molecule has 0 spiro atoms. The maximum atomic E-state index is 12.5. The Morgan fingerprint density at radius 3 is 2.52 bits per heavy atom. The van der Waals surface area contributed by atoms with Gasteiger partial charge in [-0.05, 0) is 33.3 Å². The van der Waals surface area contributed by atoms with Gasteiger partial charge in [-0.3, -0.25) is 9.48 Å². The minimum atomic E-state index is -0.304. The molecule has 23 heavy (non-hydrogen) atoms. The van der Waals surface area contributed by atoms with Crippen LogP contribution in [0.3, 0.4) is 0 Å². The number of benzene rings is 1. The van der Waals surface area contributed by atoms with Gasteiger partial charge in [-0.25, -0.2) is 0 Å². The van der Waals surface area contributed by atoms with E-state index in [0.717, 1.165) is 11.3 Å². The minimum Gasteiger partial charge on any atom is -0.371 e. The minimum absolute atomic E-state index is 0.0531. The van der Waals surface area contributed by atoms with Crippen LogP contribution in [0, 0.1) is 0 Å². The van der Waals surface area contributed by atoms with Crippen LogP contribution in [-0.4, -0.2) is 33.7 Å². The maximum Gasteiger partial charge on any atom is 0.244 e. The van der Waals surface area contributed by atoms with E-state index in [4.69, 9.17) is 0 Å². The number of nitrogens with one attached hydrogen (secondary N) is 1. The molecule has 124 valence electrons. The first-order valence-corrected chi connectivity index (χ1v) is 7.88. The standard InChI is InChI=1S/C18H26N4O/c1-14(20-16-11-19-22(13-16)18(2,3)4)17(23)21(5)12-15-9-7-6-8-10-15/h6-11,13-14,20H,12H2,1-5H3/t14-/m0/s1. The Morgan fingerprint density at radius 1 is 1.30 bits per heavy atom. The quantitative estimate of drug-likeness (QED) is 0.922. The van der Waals surface area contributed by atoms with Crippen molar-refractivity contribution in [1.29, 1.82) is 0 Å². The first-order valence-electron chi connectivity index (χ1n) is 7.88. The summed E-state index contributed by atoms with van der Waals surface area (Å²) in [6.07, 6.45) is 3.69. The van der Waals surface area contributed by atoms with E-state index in [9.17, 15) is 4.79 Å². The monoisotopic (exact) mass is 314 g/mol. The zero-order valence-electron chi connectivity index (χ0n) is 14.6. The van der Waals surface area contributed by atoms with Crippen molar-refractivity contribution in [3.8, 4) is 0 Å². The molecule has 2 rings (SSSR count). The lowest BCUT2D eigenvalue weighted by Gasteiger charge is -2.22. The maximum absolute atomic E-state index is 12.5. The third kappa shape index (κ3) is 4.58. The Bertz CT molecular complexity index is 643. The van der Waals surface area contributed by atoms with E-state index in [0.29, 0.717) is 6.54 Å². The summed E-state index contributed by atoms with van der Waals surface area (Å²) in [5, 5.41) is 7.57. The molecule has 1 atom stereocenters. The van der Waals surface area contributed by atoms with E-state index in [1.54, 1.807) is 11.1 Å². The normalized spacial score (nSPS) is 12.7. The molecular formula is C18H26N4O.